The maximum absolute atomic E-state index is 13.1. The van der Waals surface area contributed by atoms with Gasteiger partial charge in [0.15, 0.2) is 0 Å². The number of aromatic nitrogens is 1. The molecule has 2 aromatic rings. The number of nitrogens with zero attached hydrogens (tertiary/aromatic N) is 1. The number of hydrogen-bond donors (Lipinski definition) is 1. The van der Waals surface area contributed by atoms with Crippen LogP contribution in [0.1, 0.15) is 5.69 Å². The highest BCUT2D eigenvalue weighted by molar-refractivity contribution is 5.44. The van der Waals surface area contributed by atoms with E-state index >= 15 is 0 Å². The summed E-state index contributed by atoms with van der Waals surface area (Å²) in [6.07, 6.45) is -4.56. The van der Waals surface area contributed by atoms with Crippen LogP contribution in [0.3, 0.4) is 0 Å². The van der Waals surface area contributed by atoms with Crippen molar-refractivity contribution in [3.05, 3.63) is 47.9 Å². The first-order chi connectivity index (χ1) is 8.86. The van der Waals surface area contributed by atoms with Crippen molar-refractivity contribution in [1.29, 1.82) is 0 Å². The molecule has 0 saturated carbocycles. The minimum absolute atomic E-state index is 0.0125. The van der Waals surface area contributed by atoms with Crippen LogP contribution in [-0.4, -0.2) is 4.98 Å². The average molecular weight is 272 g/mol. The number of halogens is 4. The van der Waals surface area contributed by atoms with Crippen LogP contribution in [0, 0.1) is 5.82 Å². The molecule has 0 aliphatic rings. The van der Waals surface area contributed by atoms with Gasteiger partial charge in [-0.3, -0.25) is 0 Å². The fourth-order valence-corrected chi connectivity index (χ4v) is 1.32. The van der Waals surface area contributed by atoms with E-state index in [1.165, 1.54) is 18.2 Å². The molecule has 0 saturated heterocycles. The van der Waals surface area contributed by atoms with Crippen LogP contribution in [0.5, 0.6) is 11.6 Å². The SMILES string of the molecule is Nc1ccc(Oc2cccc(C(F)(F)F)n2)cc1F. The summed E-state index contributed by atoms with van der Waals surface area (Å²) in [6.45, 7) is 0. The molecule has 100 valence electrons. The van der Waals surface area contributed by atoms with E-state index in [1.807, 2.05) is 0 Å². The largest absolute Gasteiger partial charge is 0.439 e. The summed E-state index contributed by atoms with van der Waals surface area (Å²) in [5.41, 5.74) is 4.11. The molecule has 0 radical (unpaired) electrons. The van der Waals surface area contributed by atoms with Gasteiger partial charge in [0.2, 0.25) is 5.88 Å². The Balaban J connectivity index is 2.26. The second-order valence-corrected chi connectivity index (χ2v) is 3.64. The smallest absolute Gasteiger partial charge is 0.433 e. The quantitative estimate of drug-likeness (QED) is 0.671. The summed E-state index contributed by atoms with van der Waals surface area (Å²) in [7, 11) is 0. The molecule has 0 aliphatic heterocycles. The first-order valence-corrected chi connectivity index (χ1v) is 5.13. The zero-order chi connectivity index (χ0) is 14.0. The Morgan fingerprint density at radius 2 is 1.84 bits per heavy atom. The third kappa shape index (κ3) is 3.12. The number of benzene rings is 1. The highest BCUT2D eigenvalue weighted by Gasteiger charge is 2.32. The molecule has 0 fully saturated rings. The van der Waals surface area contributed by atoms with E-state index in [4.69, 9.17) is 10.5 Å². The number of pyridine rings is 1. The van der Waals surface area contributed by atoms with Gasteiger partial charge in [-0.2, -0.15) is 13.2 Å². The fraction of sp³-hybridized carbons (Fsp3) is 0.0833. The molecule has 0 aliphatic carbocycles. The van der Waals surface area contributed by atoms with Gasteiger partial charge in [-0.15, -0.1) is 0 Å². The summed E-state index contributed by atoms with van der Waals surface area (Å²) in [4.78, 5) is 3.29. The van der Waals surface area contributed by atoms with Gasteiger partial charge in [-0.05, 0) is 18.2 Å². The predicted octanol–water partition coefficient (Wildman–Crippen LogP) is 3.61. The predicted molar refractivity (Wildman–Crippen MR) is 60.1 cm³/mol. The van der Waals surface area contributed by atoms with Crippen molar-refractivity contribution in [2.45, 2.75) is 6.18 Å². The lowest BCUT2D eigenvalue weighted by Crippen LogP contribution is -2.07. The van der Waals surface area contributed by atoms with E-state index in [0.29, 0.717) is 0 Å². The number of nitrogens with two attached hydrogens (primary N) is 1. The third-order valence-corrected chi connectivity index (χ3v) is 2.21. The molecule has 0 bridgehead atoms. The van der Waals surface area contributed by atoms with Gasteiger partial charge in [0, 0.05) is 12.1 Å². The highest BCUT2D eigenvalue weighted by Crippen LogP contribution is 2.30. The lowest BCUT2D eigenvalue weighted by atomic mass is 10.3. The lowest BCUT2D eigenvalue weighted by Gasteiger charge is -2.09. The first-order valence-electron chi connectivity index (χ1n) is 5.13. The molecule has 0 unspecified atom stereocenters. The standard InChI is InChI=1S/C12H8F4N2O/c13-8-6-7(4-5-9(8)17)19-11-3-1-2-10(18-11)12(14,15)16/h1-6H,17H2. The minimum Gasteiger partial charge on any atom is -0.439 e. The fourth-order valence-electron chi connectivity index (χ4n) is 1.32. The third-order valence-electron chi connectivity index (χ3n) is 2.21. The van der Waals surface area contributed by atoms with Crippen molar-refractivity contribution in [2.75, 3.05) is 5.73 Å². The molecule has 0 atom stereocenters. The van der Waals surface area contributed by atoms with Gasteiger partial charge in [0.05, 0.1) is 5.69 Å². The Hall–Kier alpha value is -2.31. The molecule has 1 aromatic carbocycles. The van der Waals surface area contributed by atoms with Crippen LogP contribution in [0.2, 0.25) is 0 Å². The van der Waals surface area contributed by atoms with Crippen molar-refractivity contribution in [2.24, 2.45) is 0 Å². The Bertz CT molecular complexity index is 599. The molecule has 3 nitrogen and oxygen atoms in total. The topological polar surface area (TPSA) is 48.1 Å². The lowest BCUT2D eigenvalue weighted by molar-refractivity contribution is -0.141. The maximum Gasteiger partial charge on any atom is 0.433 e. The van der Waals surface area contributed by atoms with Crippen molar-refractivity contribution in [1.82, 2.24) is 4.98 Å². The summed E-state index contributed by atoms with van der Waals surface area (Å²) in [5.74, 6) is -0.984. The number of nitrogen functional groups attached to an aromatic ring is 1. The average Bonchev–Trinajstić information content (AvgIpc) is 2.33. The summed E-state index contributed by atoms with van der Waals surface area (Å²) in [6, 6.07) is 6.76. The minimum atomic E-state index is -4.56. The van der Waals surface area contributed by atoms with Gasteiger partial charge in [-0.25, -0.2) is 9.37 Å². The Morgan fingerprint density at radius 1 is 1.11 bits per heavy atom. The van der Waals surface area contributed by atoms with E-state index in [0.717, 1.165) is 18.2 Å². The van der Waals surface area contributed by atoms with Crippen LogP contribution < -0.4 is 10.5 Å². The van der Waals surface area contributed by atoms with Crippen molar-refractivity contribution < 1.29 is 22.3 Å². The normalized spacial score (nSPS) is 11.4. The van der Waals surface area contributed by atoms with Crippen LogP contribution in [-0.2, 0) is 6.18 Å². The molecule has 2 N–H and O–H groups in total. The Morgan fingerprint density at radius 3 is 2.47 bits per heavy atom. The number of ether oxygens (including phenoxy) is 1. The number of alkyl halides is 3. The van der Waals surface area contributed by atoms with Crippen LogP contribution in [0.4, 0.5) is 23.2 Å². The molecule has 19 heavy (non-hydrogen) atoms. The molecule has 7 heteroatoms. The second-order valence-electron chi connectivity index (χ2n) is 3.64. The van der Waals surface area contributed by atoms with Crippen molar-refractivity contribution in [3.63, 3.8) is 0 Å². The van der Waals surface area contributed by atoms with Crippen molar-refractivity contribution >= 4 is 5.69 Å². The van der Waals surface area contributed by atoms with Crippen molar-refractivity contribution in [3.8, 4) is 11.6 Å². The first kappa shape index (κ1) is 13.1. The Kier molecular flexibility index (Phi) is 3.28. The van der Waals surface area contributed by atoms with Crippen LogP contribution in [0.25, 0.3) is 0 Å². The van der Waals surface area contributed by atoms with Crippen LogP contribution in [0.15, 0.2) is 36.4 Å². The van der Waals surface area contributed by atoms with E-state index in [2.05, 4.69) is 4.98 Å². The van der Waals surface area contributed by atoms with E-state index in [1.54, 1.807) is 0 Å². The van der Waals surface area contributed by atoms with Gasteiger partial charge >= 0.3 is 6.18 Å². The summed E-state index contributed by atoms with van der Waals surface area (Å²) < 4.78 is 55.5. The van der Waals surface area contributed by atoms with E-state index < -0.39 is 17.7 Å². The van der Waals surface area contributed by atoms with Gasteiger partial charge < -0.3 is 10.5 Å². The molecule has 0 amide bonds. The molecule has 1 aromatic heterocycles. The maximum atomic E-state index is 13.1. The number of anilines is 1. The zero-order valence-corrected chi connectivity index (χ0v) is 9.41. The molecular weight excluding hydrogens is 264 g/mol. The molecule has 2 rings (SSSR count). The summed E-state index contributed by atoms with van der Waals surface area (Å²) in [5, 5.41) is 0. The van der Waals surface area contributed by atoms with Gasteiger partial charge in [0.1, 0.15) is 17.3 Å². The highest BCUT2D eigenvalue weighted by atomic mass is 19.4. The monoisotopic (exact) mass is 272 g/mol. The molecule has 0 spiro atoms. The van der Waals surface area contributed by atoms with Crippen LogP contribution >= 0.6 is 0 Å². The number of hydrogen-bond acceptors (Lipinski definition) is 3. The molecular formula is C12H8F4N2O. The second kappa shape index (κ2) is 4.75. The Labute approximate surface area is 105 Å². The van der Waals surface area contributed by atoms with Gasteiger partial charge in [0.25, 0.3) is 0 Å². The zero-order valence-electron chi connectivity index (χ0n) is 9.41. The van der Waals surface area contributed by atoms with E-state index in [9.17, 15) is 17.6 Å². The van der Waals surface area contributed by atoms with E-state index in [-0.39, 0.29) is 17.3 Å². The number of rotatable bonds is 2. The summed E-state index contributed by atoms with van der Waals surface area (Å²) >= 11 is 0. The van der Waals surface area contributed by atoms with Gasteiger partial charge in [-0.1, -0.05) is 6.07 Å². The molecule has 1 heterocycles.